The number of thioether (sulfide) groups is 1. The molecule has 4 N–H and O–H groups in total. The smallest absolute Gasteiger partial charge is 0.246 e. The second kappa shape index (κ2) is 5.50. The molecule has 0 aliphatic heterocycles. The summed E-state index contributed by atoms with van der Waals surface area (Å²) in [5, 5.41) is 6.42. The van der Waals surface area contributed by atoms with Crippen molar-refractivity contribution in [1.82, 2.24) is 14.9 Å². The molecule has 6 nitrogen and oxygen atoms in total. The van der Waals surface area contributed by atoms with Crippen LogP contribution in [-0.4, -0.2) is 36.2 Å². The molecule has 2 atom stereocenters. The summed E-state index contributed by atoms with van der Waals surface area (Å²) < 4.78 is 27.1. The highest BCUT2D eigenvalue weighted by molar-refractivity contribution is 7.99. The Hall–Kier alpha value is -0.730. The van der Waals surface area contributed by atoms with Crippen molar-refractivity contribution in [2.45, 2.75) is 41.9 Å². The quantitative estimate of drug-likeness (QED) is 0.766. The molecule has 1 saturated carbocycles. The summed E-state index contributed by atoms with van der Waals surface area (Å²) in [5.74, 6) is 0.0824. The molecule has 0 radical (unpaired) electrons. The summed E-state index contributed by atoms with van der Waals surface area (Å²) in [4.78, 5) is 0.0351. The minimum atomic E-state index is -3.57. The predicted octanol–water partition coefficient (Wildman–Crippen LogP) is 0.944. The monoisotopic (exact) mass is 290 g/mol. The van der Waals surface area contributed by atoms with Gasteiger partial charge in [-0.3, -0.25) is 5.10 Å². The Morgan fingerprint density at radius 1 is 1.50 bits per heavy atom. The molecule has 0 bridgehead atoms. The lowest BCUT2D eigenvalue weighted by molar-refractivity contribution is 0.423. The standard InChI is InChI=1S/C10H18N4O2S2/c1-17-8-5-3-2-4-7(8)14-18(15,16)9-6-12-13-10(9)11/h6-8,14H,2-5H2,1H3,(H3,11,12,13). The minimum absolute atomic E-state index is 0.0203. The van der Waals surface area contributed by atoms with Gasteiger partial charge in [-0.05, 0) is 19.1 Å². The highest BCUT2D eigenvalue weighted by atomic mass is 32.2. The highest BCUT2D eigenvalue weighted by Gasteiger charge is 2.30. The van der Waals surface area contributed by atoms with Crippen molar-refractivity contribution >= 4 is 27.6 Å². The van der Waals surface area contributed by atoms with E-state index in [1.807, 2.05) is 6.26 Å². The van der Waals surface area contributed by atoms with Crippen molar-refractivity contribution in [3.63, 3.8) is 0 Å². The molecule has 1 aromatic heterocycles. The summed E-state index contributed by atoms with van der Waals surface area (Å²) in [6, 6.07) is -0.0203. The maximum Gasteiger partial charge on any atom is 0.246 e. The molecule has 8 heteroatoms. The van der Waals surface area contributed by atoms with Crippen LogP contribution in [0.3, 0.4) is 0 Å². The minimum Gasteiger partial charge on any atom is -0.383 e. The Morgan fingerprint density at radius 3 is 2.83 bits per heavy atom. The number of aromatic nitrogens is 2. The molecule has 102 valence electrons. The molecule has 0 amide bonds. The number of aromatic amines is 1. The number of nitrogens with one attached hydrogen (secondary N) is 2. The van der Waals surface area contributed by atoms with Crippen LogP contribution >= 0.6 is 11.8 Å². The van der Waals surface area contributed by atoms with Gasteiger partial charge in [0.05, 0.1) is 6.20 Å². The molecule has 0 saturated heterocycles. The number of hydrogen-bond donors (Lipinski definition) is 3. The molecule has 1 aliphatic carbocycles. The van der Waals surface area contributed by atoms with Gasteiger partial charge in [-0.25, -0.2) is 13.1 Å². The third-order valence-corrected chi connectivity index (χ3v) is 5.92. The zero-order valence-electron chi connectivity index (χ0n) is 10.2. The summed E-state index contributed by atoms with van der Waals surface area (Å²) in [6.45, 7) is 0. The largest absolute Gasteiger partial charge is 0.383 e. The molecule has 0 aromatic carbocycles. The maximum absolute atomic E-state index is 12.2. The lowest BCUT2D eigenvalue weighted by Gasteiger charge is -2.30. The van der Waals surface area contributed by atoms with E-state index in [-0.39, 0.29) is 16.8 Å². The van der Waals surface area contributed by atoms with Crippen LogP contribution in [0, 0.1) is 0 Å². The fourth-order valence-corrected chi connectivity index (χ4v) is 4.63. The van der Waals surface area contributed by atoms with E-state index in [1.165, 1.54) is 6.20 Å². The van der Waals surface area contributed by atoms with Gasteiger partial charge in [0, 0.05) is 11.3 Å². The third kappa shape index (κ3) is 2.81. The van der Waals surface area contributed by atoms with Crippen LogP contribution in [0.5, 0.6) is 0 Å². The maximum atomic E-state index is 12.2. The molecule has 0 spiro atoms. The molecule has 2 unspecified atom stereocenters. The Morgan fingerprint density at radius 2 is 2.22 bits per heavy atom. The molecule has 1 aromatic rings. The first-order chi connectivity index (χ1) is 8.54. The molecule has 1 fully saturated rings. The first-order valence-electron chi connectivity index (χ1n) is 5.88. The highest BCUT2D eigenvalue weighted by Crippen LogP contribution is 2.28. The van der Waals surface area contributed by atoms with E-state index < -0.39 is 10.0 Å². The van der Waals surface area contributed by atoms with Crippen LogP contribution < -0.4 is 10.5 Å². The number of hydrogen-bond acceptors (Lipinski definition) is 5. The Bertz CT molecular complexity index is 500. The van der Waals surface area contributed by atoms with Gasteiger partial charge < -0.3 is 5.73 Å². The van der Waals surface area contributed by atoms with Crippen molar-refractivity contribution in [3.8, 4) is 0 Å². The summed E-state index contributed by atoms with van der Waals surface area (Å²) in [5.41, 5.74) is 5.56. The normalized spacial score (nSPS) is 25.2. The van der Waals surface area contributed by atoms with Gasteiger partial charge in [-0.2, -0.15) is 16.9 Å². The van der Waals surface area contributed by atoms with Gasteiger partial charge in [-0.15, -0.1) is 0 Å². The van der Waals surface area contributed by atoms with E-state index in [4.69, 9.17) is 5.73 Å². The van der Waals surface area contributed by atoms with Crippen LogP contribution in [0.4, 0.5) is 5.82 Å². The molecule has 2 rings (SSSR count). The fourth-order valence-electron chi connectivity index (χ4n) is 2.28. The number of nitrogens with two attached hydrogens (primary N) is 1. The first kappa shape index (κ1) is 13.7. The fraction of sp³-hybridized carbons (Fsp3) is 0.700. The van der Waals surface area contributed by atoms with Crippen molar-refractivity contribution in [2.24, 2.45) is 0 Å². The van der Waals surface area contributed by atoms with Crippen molar-refractivity contribution < 1.29 is 8.42 Å². The van der Waals surface area contributed by atoms with Crippen LogP contribution in [0.2, 0.25) is 0 Å². The number of nitrogens with zero attached hydrogens (tertiary/aromatic N) is 1. The number of nitrogen functional groups attached to an aromatic ring is 1. The first-order valence-corrected chi connectivity index (χ1v) is 8.65. The summed E-state index contributed by atoms with van der Waals surface area (Å²) >= 11 is 1.71. The van der Waals surface area contributed by atoms with Crippen molar-refractivity contribution in [3.05, 3.63) is 6.20 Å². The zero-order valence-corrected chi connectivity index (χ0v) is 11.9. The van der Waals surface area contributed by atoms with Crippen molar-refractivity contribution in [1.29, 1.82) is 0 Å². The van der Waals surface area contributed by atoms with Gasteiger partial charge in [0.15, 0.2) is 0 Å². The molecular formula is C10H18N4O2S2. The van der Waals surface area contributed by atoms with E-state index in [1.54, 1.807) is 11.8 Å². The van der Waals surface area contributed by atoms with Crippen molar-refractivity contribution in [2.75, 3.05) is 12.0 Å². The van der Waals surface area contributed by atoms with E-state index in [9.17, 15) is 8.42 Å². The lowest BCUT2D eigenvalue weighted by Crippen LogP contribution is -2.43. The molecule has 1 aliphatic rings. The van der Waals surface area contributed by atoms with Crippen LogP contribution in [-0.2, 0) is 10.0 Å². The number of sulfonamides is 1. The van der Waals surface area contributed by atoms with Gasteiger partial charge in [0.1, 0.15) is 10.7 Å². The van der Waals surface area contributed by atoms with Gasteiger partial charge >= 0.3 is 0 Å². The third-order valence-electron chi connectivity index (χ3n) is 3.23. The second-order valence-electron chi connectivity index (χ2n) is 4.43. The van der Waals surface area contributed by atoms with Gasteiger partial charge in [-0.1, -0.05) is 12.8 Å². The van der Waals surface area contributed by atoms with E-state index in [0.29, 0.717) is 5.25 Å². The number of H-pyrrole nitrogens is 1. The number of anilines is 1. The molecule has 18 heavy (non-hydrogen) atoms. The average molecular weight is 290 g/mol. The number of rotatable bonds is 4. The predicted molar refractivity (Wildman–Crippen MR) is 72.9 cm³/mol. The van der Waals surface area contributed by atoms with E-state index in [2.05, 4.69) is 14.9 Å². The SMILES string of the molecule is CSC1CCCCC1NS(=O)(=O)c1cn[nH]c1N. The lowest BCUT2D eigenvalue weighted by atomic mass is 9.96. The van der Waals surface area contributed by atoms with E-state index in [0.717, 1.165) is 25.7 Å². The Balaban J connectivity index is 2.15. The van der Waals surface area contributed by atoms with Crippen LogP contribution in [0.25, 0.3) is 0 Å². The Kier molecular flexibility index (Phi) is 4.18. The summed E-state index contributed by atoms with van der Waals surface area (Å²) in [7, 11) is -3.57. The Labute approximate surface area is 111 Å². The zero-order chi connectivity index (χ0) is 13.2. The summed E-state index contributed by atoms with van der Waals surface area (Å²) in [6.07, 6.45) is 7.42. The average Bonchev–Trinajstić information content (AvgIpc) is 2.76. The molecule has 1 heterocycles. The van der Waals surface area contributed by atoms with E-state index >= 15 is 0 Å². The van der Waals surface area contributed by atoms with Gasteiger partial charge in [0.2, 0.25) is 10.0 Å². The molecular weight excluding hydrogens is 272 g/mol. The van der Waals surface area contributed by atoms with Crippen LogP contribution in [0.15, 0.2) is 11.1 Å². The van der Waals surface area contributed by atoms with Crippen LogP contribution in [0.1, 0.15) is 25.7 Å². The topological polar surface area (TPSA) is 101 Å². The van der Waals surface area contributed by atoms with Gasteiger partial charge in [0.25, 0.3) is 0 Å². The second-order valence-corrected chi connectivity index (χ2v) is 7.19.